The van der Waals surface area contributed by atoms with Crippen molar-refractivity contribution in [2.75, 3.05) is 24.5 Å². The van der Waals surface area contributed by atoms with Gasteiger partial charge in [0.05, 0.1) is 0 Å². The fraction of sp³-hybridized carbons (Fsp3) is 0.345. The second kappa shape index (κ2) is 12.3. The van der Waals surface area contributed by atoms with Crippen molar-refractivity contribution in [3.8, 4) is 0 Å². The van der Waals surface area contributed by atoms with E-state index >= 15 is 0 Å². The molecule has 3 aromatic carbocycles. The maximum absolute atomic E-state index is 13.0. The summed E-state index contributed by atoms with van der Waals surface area (Å²) in [4.78, 5) is 40.4. The van der Waals surface area contributed by atoms with Crippen molar-refractivity contribution in [1.29, 1.82) is 0 Å². The van der Waals surface area contributed by atoms with Crippen LogP contribution >= 0.6 is 0 Å². The number of carbonyl (C=O) groups excluding carboxylic acids is 3. The van der Waals surface area contributed by atoms with Crippen molar-refractivity contribution >= 4 is 34.2 Å². The third-order valence-electron chi connectivity index (χ3n) is 6.57. The van der Waals surface area contributed by atoms with Crippen molar-refractivity contribution in [2.24, 2.45) is 5.73 Å². The molecule has 0 aliphatic carbocycles. The minimum atomic E-state index is -0.719. The summed E-state index contributed by atoms with van der Waals surface area (Å²) in [6, 6.07) is 21.2. The van der Waals surface area contributed by atoms with Crippen LogP contribution in [-0.2, 0) is 27.2 Å². The van der Waals surface area contributed by atoms with Gasteiger partial charge >= 0.3 is 0 Å². The molecule has 1 aliphatic heterocycles. The molecule has 7 heteroatoms. The van der Waals surface area contributed by atoms with E-state index in [2.05, 4.69) is 16.7 Å². The number of anilines is 1. The normalized spacial score (nSPS) is 14.1. The molecule has 188 valence electrons. The van der Waals surface area contributed by atoms with Crippen molar-refractivity contribution in [3.63, 3.8) is 0 Å². The number of aryl methyl sites for hydroxylation is 1. The van der Waals surface area contributed by atoms with Crippen molar-refractivity contribution < 1.29 is 14.4 Å². The lowest BCUT2D eigenvalue weighted by Crippen LogP contribution is -2.49. The molecule has 3 amide bonds. The minimum absolute atomic E-state index is 0.0278. The van der Waals surface area contributed by atoms with Gasteiger partial charge in [0.2, 0.25) is 17.7 Å². The number of nitrogens with two attached hydrogens (primary N) is 1. The minimum Gasteiger partial charge on any atom is -0.354 e. The van der Waals surface area contributed by atoms with E-state index in [-0.39, 0.29) is 30.7 Å². The average Bonchev–Trinajstić information content (AvgIpc) is 3.05. The van der Waals surface area contributed by atoms with E-state index in [9.17, 15) is 14.4 Å². The summed E-state index contributed by atoms with van der Waals surface area (Å²) in [5.41, 5.74) is 8.52. The van der Waals surface area contributed by atoms with Gasteiger partial charge < -0.3 is 21.3 Å². The topological polar surface area (TPSA) is 105 Å². The predicted molar refractivity (Wildman–Crippen MR) is 143 cm³/mol. The highest BCUT2D eigenvalue weighted by Gasteiger charge is 2.25. The Morgan fingerprint density at radius 3 is 2.58 bits per heavy atom. The number of benzene rings is 3. The highest BCUT2D eigenvalue weighted by molar-refractivity contribution is 5.96. The first-order valence-corrected chi connectivity index (χ1v) is 12.7. The van der Waals surface area contributed by atoms with Crippen molar-refractivity contribution in [2.45, 2.75) is 44.6 Å². The Morgan fingerprint density at radius 2 is 1.75 bits per heavy atom. The zero-order chi connectivity index (χ0) is 25.3. The molecule has 1 aliphatic rings. The first-order valence-electron chi connectivity index (χ1n) is 12.7. The van der Waals surface area contributed by atoms with Gasteiger partial charge in [-0.25, -0.2) is 0 Å². The Kier molecular flexibility index (Phi) is 8.68. The molecule has 0 saturated carbocycles. The number of rotatable bonds is 10. The monoisotopic (exact) mass is 486 g/mol. The molecule has 0 radical (unpaired) electrons. The van der Waals surface area contributed by atoms with E-state index in [4.69, 9.17) is 5.73 Å². The molecule has 0 bridgehead atoms. The Morgan fingerprint density at radius 1 is 0.972 bits per heavy atom. The number of fused-ring (bicyclic) bond motifs is 2. The van der Waals surface area contributed by atoms with Gasteiger partial charge in [0.15, 0.2) is 0 Å². The first-order chi connectivity index (χ1) is 17.5. The van der Waals surface area contributed by atoms with Gasteiger partial charge in [-0.05, 0) is 53.8 Å². The van der Waals surface area contributed by atoms with Gasteiger partial charge in [0, 0.05) is 38.0 Å². The van der Waals surface area contributed by atoms with Crippen LogP contribution in [0.2, 0.25) is 0 Å². The number of hydrogen-bond acceptors (Lipinski definition) is 4. The van der Waals surface area contributed by atoms with Crippen LogP contribution in [0.15, 0.2) is 66.7 Å². The third-order valence-corrected chi connectivity index (χ3v) is 6.57. The van der Waals surface area contributed by atoms with Crippen LogP contribution in [0.4, 0.5) is 5.69 Å². The van der Waals surface area contributed by atoms with E-state index in [1.54, 1.807) is 4.90 Å². The van der Waals surface area contributed by atoms with Crippen LogP contribution in [0.25, 0.3) is 10.8 Å². The van der Waals surface area contributed by atoms with Gasteiger partial charge in [-0.2, -0.15) is 0 Å². The largest absolute Gasteiger partial charge is 0.354 e. The number of hydrogen-bond donors (Lipinski definition) is 3. The standard InChI is InChI=1S/C29H34N4O3/c30-16-6-17-31-29(36)25(20-21-13-14-22-7-1-2-9-24(22)19-21)32-27(34)15-18-33-26-11-4-3-8-23(26)10-5-12-28(33)35/h1-4,7-9,11,13-14,19,25H,5-6,10,12,15-18,20,30H2,(H,31,36)(H,32,34)/t25-/m1/s1. The highest BCUT2D eigenvalue weighted by Crippen LogP contribution is 2.27. The summed E-state index contributed by atoms with van der Waals surface area (Å²) >= 11 is 0. The Balaban J connectivity index is 1.44. The zero-order valence-corrected chi connectivity index (χ0v) is 20.5. The fourth-order valence-electron chi connectivity index (χ4n) is 4.66. The van der Waals surface area contributed by atoms with Crippen LogP contribution < -0.4 is 21.3 Å². The summed E-state index contributed by atoms with van der Waals surface area (Å²) in [5, 5.41) is 8.00. The lowest BCUT2D eigenvalue weighted by molar-refractivity contribution is -0.129. The van der Waals surface area contributed by atoms with Gasteiger partial charge in [0.1, 0.15) is 6.04 Å². The van der Waals surface area contributed by atoms with Crippen LogP contribution in [0.5, 0.6) is 0 Å². The predicted octanol–water partition coefficient (Wildman–Crippen LogP) is 3.09. The fourth-order valence-corrected chi connectivity index (χ4v) is 4.66. The molecule has 7 nitrogen and oxygen atoms in total. The summed E-state index contributed by atoms with van der Waals surface area (Å²) in [7, 11) is 0. The van der Waals surface area contributed by atoms with Gasteiger partial charge in [0.25, 0.3) is 0 Å². The number of carbonyl (C=O) groups is 3. The molecular formula is C29H34N4O3. The van der Waals surface area contributed by atoms with Crippen molar-refractivity contribution in [3.05, 3.63) is 77.9 Å². The molecule has 3 aromatic rings. The number of para-hydroxylation sites is 1. The van der Waals surface area contributed by atoms with Crippen LogP contribution in [-0.4, -0.2) is 43.4 Å². The highest BCUT2D eigenvalue weighted by atomic mass is 16.2. The number of amides is 3. The van der Waals surface area contributed by atoms with E-state index in [0.29, 0.717) is 32.4 Å². The maximum atomic E-state index is 13.0. The molecule has 1 atom stereocenters. The lowest BCUT2D eigenvalue weighted by Gasteiger charge is -2.24. The van der Waals surface area contributed by atoms with E-state index in [0.717, 1.165) is 40.4 Å². The molecule has 0 saturated heterocycles. The molecule has 36 heavy (non-hydrogen) atoms. The van der Waals surface area contributed by atoms with Crippen molar-refractivity contribution in [1.82, 2.24) is 10.6 Å². The quantitative estimate of drug-likeness (QED) is 0.383. The van der Waals surface area contributed by atoms with Crippen LogP contribution in [0, 0.1) is 0 Å². The second-order valence-corrected chi connectivity index (χ2v) is 9.22. The Bertz CT molecular complexity index is 1230. The SMILES string of the molecule is NCCCNC(=O)[C@@H](Cc1ccc2ccccc2c1)NC(=O)CCN1C(=O)CCCc2ccccc21. The third kappa shape index (κ3) is 6.49. The Hall–Kier alpha value is -3.71. The first kappa shape index (κ1) is 25.4. The summed E-state index contributed by atoms with van der Waals surface area (Å²) in [6.45, 7) is 1.21. The molecule has 1 heterocycles. The summed E-state index contributed by atoms with van der Waals surface area (Å²) in [6.07, 6.45) is 3.26. The van der Waals surface area contributed by atoms with Gasteiger partial charge in [-0.15, -0.1) is 0 Å². The summed E-state index contributed by atoms with van der Waals surface area (Å²) < 4.78 is 0. The average molecular weight is 487 g/mol. The van der Waals surface area contributed by atoms with E-state index in [1.165, 1.54) is 0 Å². The zero-order valence-electron chi connectivity index (χ0n) is 20.5. The smallest absolute Gasteiger partial charge is 0.242 e. The van der Waals surface area contributed by atoms with E-state index < -0.39 is 6.04 Å². The van der Waals surface area contributed by atoms with Crippen LogP contribution in [0.3, 0.4) is 0 Å². The molecule has 0 aromatic heterocycles. The Labute approximate surface area is 212 Å². The maximum Gasteiger partial charge on any atom is 0.242 e. The van der Waals surface area contributed by atoms with Gasteiger partial charge in [-0.3, -0.25) is 14.4 Å². The molecular weight excluding hydrogens is 452 g/mol. The number of nitrogens with zero attached hydrogens (tertiary/aromatic N) is 1. The molecule has 4 rings (SSSR count). The van der Waals surface area contributed by atoms with Crippen LogP contribution in [0.1, 0.15) is 36.8 Å². The van der Waals surface area contributed by atoms with Gasteiger partial charge in [-0.1, -0.05) is 60.7 Å². The molecule has 0 fully saturated rings. The lowest BCUT2D eigenvalue weighted by atomic mass is 10.0. The molecule has 4 N–H and O–H groups in total. The second-order valence-electron chi connectivity index (χ2n) is 9.22. The molecule has 0 spiro atoms. The number of nitrogens with one attached hydrogen (secondary N) is 2. The molecule has 0 unspecified atom stereocenters. The van der Waals surface area contributed by atoms with E-state index in [1.807, 2.05) is 60.7 Å². The summed E-state index contributed by atoms with van der Waals surface area (Å²) in [5.74, 6) is -0.467.